The summed E-state index contributed by atoms with van der Waals surface area (Å²) in [5.74, 6) is 0. The molecule has 0 saturated carbocycles. The van der Waals surface area contributed by atoms with Crippen molar-refractivity contribution in [2.45, 2.75) is 39.4 Å². The summed E-state index contributed by atoms with van der Waals surface area (Å²) in [6.45, 7) is 7.53. The van der Waals surface area contributed by atoms with Crippen LogP contribution in [-0.4, -0.2) is 36.4 Å². The maximum absolute atomic E-state index is 9.67. The number of aliphatic hydroxyl groups excluding tert-OH is 1. The number of hydrogen-bond acceptors (Lipinski definition) is 4. The summed E-state index contributed by atoms with van der Waals surface area (Å²) in [5.41, 5.74) is 1.77. The smallest absolute Gasteiger partial charge is 0.0957 e. The maximum Gasteiger partial charge on any atom is 0.0957 e. The molecule has 1 aromatic rings. The fraction of sp³-hybridized carbons (Fsp3) is 0.643. The molecule has 4 heteroatoms. The van der Waals surface area contributed by atoms with Crippen LogP contribution in [0.3, 0.4) is 0 Å². The summed E-state index contributed by atoms with van der Waals surface area (Å²) in [4.78, 5) is 6.38. The predicted molar refractivity (Wildman–Crippen MR) is 73.8 cm³/mol. The van der Waals surface area contributed by atoms with Gasteiger partial charge in [-0.3, -0.25) is 4.98 Å². The zero-order valence-electron chi connectivity index (χ0n) is 11.8. The average Bonchev–Trinajstić information content (AvgIpc) is 2.37. The molecule has 1 N–H and O–H groups in total. The molecule has 0 bridgehead atoms. The first-order valence-corrected chi connectivity index (χ1v) is 6.51. The van der Waals surface area contributed by atoms with Crippen LogP contribution in [-0.2, 0) is 4.74 Å². The van der Waals surface area contributed by atoms with Crippen LogP contribution in [0, 0.1) is 0 Å². The number of aromatic nitrogens is 1. The number of ether oxygens (including phenoxy) is 1. The topological polar surface area (TPSA) is 45.6 Å². The van der Waals surface area contributed by atoms with Crippen LogP contribution in [0.25, 0.3) is 0 Å². The van der Waals surface area contributed by atoms with Gasteiger partial charge in [0.25, 0.3) is 0 Å². The third kappa shape index (κ3) is 4.63. The van der Waals surface area contributed by atoms with Crippen molar-refractivity contribution in [3.63, 3.8) is 0 Å². The fourth-order valence-electron chi connectivity index (χ4n) is 1.58. The van der Waals surface area contributed by atoms with Gasteiger partial charge in [-0.2, -0.15) is 0 Å². The summed E-state index contributed by atoms with van der Waals surface area (Å²) >= 11 is 0. The van der Waals surface area contributed by atoms with E-state index in [1.165, 1.54) is 0 Å². The Hall–Kier alpha value is -1.13. The standard InChI is InChI=1S/C14H24N2O2/c1-5-14(17)13-7-6-12(10-15-13)16(4)8-9-18-11(2)3/h6-7,10-11,14,17H,5,8-9H2,1-4H3/t14-/m0/s1. The van der Waals surface area contributed by atoms with E-state index in [4.69, 9.17) is 4.74 Å². The number of likely N-dealkylation sites (N-methyl/N-ethyl adjacent to an activating group) is 1. The van der Waals surface area contributed by atoms with Crippen LogP contribution in [0.2, 0.25) is 0 Å². The first-order chi connectivity index (χ1) is 8.54. The van der Waals surface area contributed by atoms with Crippen LogP contribution in [0.5, 0.6) is 0 Å². The van der Waals surface area contributed by atoms with Crippen molar-refractivity contribution >= 4 is 5.69 Å². The first kappa shape index (κ1) is 14.9. The van der Waals surface area contributed by atoms with Gasteiger partial charge in [0.15, 0.2) is 0 Å². The van der Waals surface area contributed by atoms with Gasteiger partial charge in [0.1, 0.15) is 0 Å². The molecular weight excluding hydrogens is 228 g/mol. The molecule has 0 spiro atoms. The summed E-state index contributed by atoms with van der Waals surface area (Å²) in [5, 5.41) is 9.67. The molecule has 0 aliphatic rings. The zero-order valence-corrected chi connectivity index (χ0v) is 11.8. The van der Waals surface area contributed by atoms with E-state index in [2.05, 4.69) is 9.88 Å². The van der Waals surface area contributed by atoms with Gasteiger partial charge in [-0.05, 0) is 32.4 Å². The van der Waals surface area contributed by atoms with Crippen molar-refractivity contribution in [1.82, 2.24) is 4.98 Å². The van der Waals surface area contributed by atoms with E-state index in [0.29, 0.717) is 13.0 Å². The second-order valence-electron chi connectivity index (χ2n) is 4.71. The Morgan fingerprint density at radius 3 is 2.61 bits per heavy atom. The lowest BCUT2D eigenvalue weighted by Gasteiger charge is -2.20. The molecule has 0 aliphatic heterocycles. The van der Waals surface area contributed by atoms with Crippen molar-refractivity contribution in [3.05, 3.63) is 24.0 Å². The van der Waals surface area contributed by atoms with Crippen molar-refractivity contribution in [2.75, 3.05) is 25.1 Å². The van der Waals surface area contributed by atoms with E-state index in [9.17, 15) is 5.11 Å². The summed E-state index contributed by atoms with van der Waals surface area (Å²) in [7, 11) is 2.01. The molecule has 0 radical (unpaired) electrons. The Balaban J connectivity index is 2.51. The maximum atomic E-state index is 9.67. The normalized spacial score (nSPS) is 12.8. The highest BCUT2D eigenvalue weighted by Crippen LogP contribution is 2.17. The highest BCUT2D eigenvalue weighted by atomic mass is 16.5. The number of rotatable bonds is 7. The lowest BCUT2D eigenvalue weighted by molar-refractivity contribution is 0.0846. The van der Waals surface area contributed by atoms with Crippen LogP contribution < -0.4 is 4.90 Å². The SMILES string of the molecule is CC[C@H](O)c1ccc(N(C)CCOC(C)C)cn1. The molecule has 0 amide bonds. The molecule has 0 aromatic carbocycles. The van der Waals surface area contributed by atoms with E-state index in [-0.39, 0.29) is 6.10 Å². The molecular formula is C14H24N2O2. The second-order valence-corrected chi connectivity index (χ2v) is 4.71. The molecule has 4 nitrogen and oxygen atoms in total. The van der Waals surface area contributed by atoms with Gasteiger partial charge >= 0.3 is 0 Å². The number of aliphatic hydroxyl groups is 1. The molecule has 1 aromatic heterocycles. The van der Waals surface area contributed by atoms with Crippen LogP contribution in [0.4, 0.5) is 5.69 Å². The van der Waals surface area contributed by atoms with E-state index in [1.807, 2.05) is 40.0 Å². The molecule has 0 fully saturated rings. The predicted octanol–water partition coefficient (Wildman–Crippen LogP) is 2.39. The Morgan fingerprint density at radius 2 is 2.11 bits per heavy atom. The van der Waals surface area contributed by atoms with Crippen molar-refractivity contribution in [2.24, 2.45) is 0 Å². The molecule has 1 atom stereocenters. The van der Waals surface area contributed by atoms with Crippen molar-refractivity contribution < 1.29 is 9.84 Å². The third-order valence-corrected chi connectivity index (χ3v) is 2.82. The zero-order chi connectivity index (χ0) is 13.5. The van der Waals surface area contributed by atoms with Crippen molar-refractivity contribution in [3.8, 4) is 0 Å². The van der Waals surface area contributed by atoms with Gasteiger partial charge in [0.2, 0.25) is 0 Å². The van der Waals surface area contributed by atoms with Gasteiger partial charge < -0.3 is 14.7 Å². The van der Waals surface area contributed by atoms with E-state index in [0.717, 1.165) is 17.9 Å². The second kappa shape index (κ2) is 7.34. The Labute approximate surface area is 110 Å². The largest absolute Gasteiger partial charge is 0.387 e. The average molecular weight is 252 g/mol. The van der Waals surface area contributed by atoms with Gasteiger partial charge in [-0.25, -0.2) is 0 Å². The number of pyridine rings is 1. The van der Waals surface area contributed by atoms with E-state index < -0.39 is 6.10 Å². The Kier molecular flexibility index (Phi) is 6.09. The highest BCUT2D eigenvalue weighted by Gasteiger charge is 2.07. The van der Waals surface area contributed by atoms with Gasteiger partial charge in [0, 0.05) is 13.6 Å². The number of nitrogens with zero attached hydrogens (tertiary/aromatic N) is 2. The molecule has 0 unspecified atom stereocenters. The third-order valence-electron chi connectivity index (χ3n) is 2.82. The number of anilines is 1. The van der Waals surface area contributed by atoms with E-state index >= 15 is 0 Å². The summed E-state index contributed by atoms with van der Waals surface area (Å²) in [6, 6.07) is 3.86. The molecule has 18 heavy (non-hydrogen) atoms. The van der Waals surface area contributed by atoms with Crippen molar-refractivity contribution in [1.29, 1.82) is 0 Å². The van der Waals surface area contributed by atoms with Gasteiger partial charge in [-0.1, -0.05) is 6.92 Å². The highest BCUT2D eigenvalue weighted by molar-refractivity contribution is 5.43. The monoisotopic (exact) mass is 252 g/mol. The van der Waals surface area contributed by atoms with Gasteiger partial charge in [0.05, 0.1) is 36.4 Å². The fourth-order valence-corrected chi connectivity index (χ4v) is 1.58. The van der Waals surface area contributed by atoms with Gasteiger partial charge in [-0.15, -0.1) is 0 Å². The number of hydrogen-bond donors (Lipinski definition) is 1. The molecule has 0 saturated heterocycles. The lowest BCUT2D eigenvalue weighted by atomic mass is 10.2. The molecule has 1 heterocycles. The first-order valence-electron chi connectivity index (χ1n) is 6.51. The Morgan fingerprint density at radius 1 is 1.39 bits per heavy atom. The lowest BCUT2D eigenvalue weighted by Crippen LogP contribution is -2.24. The quantitative estimate of drug-likeness (QED) is 0.809. The molecule has 1 rings (SSSR count). The van der Waals surface area contributed by atoms with Crippen LogP contribution in [0.1, 0.15) is 39.0 Å². The minimum Gasteiger partial charge on any atom is -0.387 e. The summed E-state index contributed by atoms with van der Waals surface area (Å²) < 4.78 is 5.51. The minimum absolute atomic E-state index is 0.263. The molecule has 102 valence electrons. The molecule has 0 aliphatic carbocycles. The summed E-state index contributed by atoms with van der Waals surface area (Å²) in [6.07, 6.45) is 2.28. The minimum atomic E-state index is -0.464. The van der Waals surface area contributed by atoms with Crippen LogP contribution in [0.15, 0.2) is 18.3 Å². The Bertz CT molecular complexity index is 338. The van der Waals surface area contributed by atoms with Crippen LogP contribution >= 0.6 is 0 Å². The van der Waals surface area contributed by atoms with E-state index in [1.54, 1.807) is 6.20 Å².